The Bertz CT molecular complexity index is 1170. The zero-order valence-corrected chi connectivity index (χ0v) is 20.7. The summed E-state index contributed by atoms with van der Waals surface area (Å²) in [4.78, 5) is 16.6. The standard InChI is InChI=1S/C27H32N4O4/c1-27(2,3)35-25(33)18-30-13-15-31(16-14-30)20-11-9-19(10-12-20)22-17-23(28-29-26(22)34-4)21-7-5-6-8-24(21)32/h5-12,17,32H,13-16,18H2,1-4H3. The molecule has 1 aliphatic heterocycles. The normalized spacial score (nSPS) is 14.6. The maximum Gasteiger partial charge on any atom is 0.320 e. The minimum Gasteiger partial charge on any atom is -0.507 e. The summed E-state index contributed by atoms with van der Waals surface area (Å²) in [6.07, 6.45) is 0. The summed E-state index contributed by atoms with van der Waals surface area (Å²) < 4.78 is 10.9. The Kier molecular flexibility index (Phi) is 7.21. The minimum atomic E-state index is -0.462. The van der Waals surface area contributed by atoms with E-state index in [0.29, 0.717) is 23.7 Å². The van der Waals surface area contributed by atoms with Crippen molar-refractivity contribution in [2.45, 2.75) is 26.4 Å². The van der Waals surface area contributed by atoms with E-state index in [9.17, 15) is 9.90 Å². The van der Waals surface area contributed by atoms with Crippen molar-refractivity contribution >= 4 is 11.7 Å². The minimum absolute atomic E-state index is 0.152. The molecule has 1 saturated heterocycles. The molecule has 2 heterocycles. The Labute approximate surface area is 206 Å². The van der Waals surface area contributed by atoms with E-state index in [-0.39, 0.29) is 11.7 Å². The molecule has 2 aromatic carbocycles. The average Bonchev–Trinajstić information content (AvgIpc) is 2.83. The van der Waals surface area contributed by atoms with E-state index in [1.54, 1.807) is 25.3 Å². The molecule has 184 valence electrons. The number of aromatic hydroxyl groups is 1. The van der Waals surface area contributed by atoms with Crippen LogP contribution in [0.3, 0.4) is 0 Å². The number of phenols is 1. The summed E-state index contributed by atoms with van der Waals surface area (Å²) in [5.74, 6) is 0.394. The topological polar surface area (TPSA) is 88.0 Å². The van der Waals surface area contributed by atoms with Gasteiger partial charge in [-0.2, -0.15) is 0 Å². The number of anilines is 1. The van der Waals surface area contributed by atoms with Crippen LogP contribution in [0.2, 0.25) is 0 Å². The molecule has 0 amide bonds. The summed E-state index contributed by atoms with van der Waals surface area (Å²) in [5.41, 5.74) is 3.59. The van der Waals surface area contributed by atoms with Crippen LogP contribution in [0.4, 0.5) is 5.69 Å². The van der Waals surface area contributed by atoms with Crippen LogP contribution in [0.1, 0.15) is 20.8 Å². The first-order valence-corrected chi connectivity index (χ1v) is 11.7. The summed E-state index contributed by atoms with van der Waals surface area (Å²) in [7, 11) is 1.57. The second kappa shape index (κ2) is 10.3. The molecule has 1 aromatic heterocycles. The van der Waals surface area contributed by atoms with E-state index in [1.807, 2.05) is 45.0 Å². The lowest BCUT2D eigenvalue weighted by Gasteiger charge is -2.36. The number of para-hydroxylation sites is 1. The third-order valence-corrected chi connectivity index (χ3v) is 5.82. The Hall–Kier alpha value is -3.65. The Morgan fingerprint density at radius 3 is 2.29 bits per heavy atom. The summed E-state index contributed by atoms with van der Waals surface area (Å²) in [6.45, 7) is 9.24. The highest BCUT2D eigenvalue weighted by atomic mass is 16.6. The smallest absolute Gasteiger partial charge is 0.320 e. The van der Waals surface area contributed by atoms with E-state index in [4.69, 9.17) is 9.47 Å². The number of carbonyl (C=O) groups is 1. The number of hydrogen-bond acceptors (Lipinski definition) is 8. The largest absolute Gasteiger partial charge is 0.507 e. The van der Waals surface area contributed by atoms with Crippen molar-refractivity contribution in [1.29, 1.82) is 0 Å². The maximum absolute atomic E-state index is 12.1. The van der Waals surface area contributed by atoms with Crippen LogP contribution in [-0.2, 0) is 9.53 Å². The Morgan fingerprint density at radius 2 is 1.66 bits per heavy atom. The first-order valence-electron chi connectivity index (χ1n) is 11.7. The number of esters is 1. The molecule has 1 N–H and O–H groups in total. The van der Waals surface area contributed by atoms with Gasteiger partial charge in [-0.05, 0) is 56.7 Å². The highest BCUT2D eigenvalue weighted by Crippen LogP contribution is 2.34. The zero-order chi connectivity index (χ0) is 25.0. The number of ether oxygens (including phenoxy) is 2. The summed E-state index contributed by atoms with van der Waals surface area (Å²) in [5, 5.41) is 18.7. The molecular weight excluding hydrogens is 444 g/mol. The number of rotatable bonds is 6. The van der Waals surface area contributed by atoms with Gasteiger partial charge >= 0.3 is 5.97 Å². The highest BCUT2D eigenvalue weighted by Gasteiger charge is 2.23. The van der Waals surface area contributed by atoms with Gasteiger partial charge in [-0.3, -0.25) is 9.69 Å². The third-order valence-electron chi connectivity index (χ3n) is 5.82. The molecule has 0 radical (unpaired) electrons. The van der Waals surface area contributed by atoms with Crippen LogP contribution in [0.15, 0.2) is 54.6 Å². The number of nitrogens with zero attached hydrogens (tertiary/aromatic N) is 4. The van der Waals surface area contributed by atoms with Gasteiger partial charge in [-0.25, -0.2) is 0 Å². The molecule has 0 bridgehead atoms. The number of benzene rings is 2. The lowest BCUT2D eigenvalue weighted by Crippen LogP contribution is -2.48. The Morgan fingerprint density at radius 1 is 0.971 bits per heavy atom. The third kappa shape index (κ3) is 6.08. The quantitative estimate of drug-likeness (QED) is 0.535. The predicted octanol–water partition coefficient (Wildman–Crippen LogP) is 3.99. The number of methoxy groups -OCH3 is 1. The molecular formula is C27H32N4O4. The van der Waals surface area contributed by atoms with Gasteiger partial charge in [0, 0.05) is 43.0 Å². The molecule has 35 heavy (non-hydrogen) atoms. The van der Waals surface area contributed by atoms with Gasteiger partial charge in [0.15, 0.2) is 0 Å². The van der Waals surface area contributed by atoms with E-state index in [1.165, 1.54) is 0 Å². The molecule has 8 heteroatoms. The van der Waals surface area contributed by atoms with Crippen LogP contribution in [-0.4, -0.2) is 71.6 Å². The first kappa shape index (κ1) is 24.5. The van der Waals surface area contributed by atoms with Gasteiger partial charge in [-0.15, -0.1) is 10.2 Å². The van der Waals surface area contributed by atoms with Gasteiger partial charge in [0.1, 0.15) is 11.4 Å². The number of carbonyl (C=O) groups excluding carboxylic acids is 1. The summed E-state index contributed by atoms with van der Waals surface area (Å²) >= 11 is 0. The zero-order valence-electron chi connectivity index (χ0n) is 20.7. The van der Waals surface area contributed by atoms with E-state index >= 15 is 0 Å². The Balaban J connectivity index is 1.45. The van der Waals surface area contributed by atoms with Crippen LogP contribution >= 0.6 is 0 Å². The highest BCUT2D eigenvalue weighted by molar-refractivity contribution is 5.76. The SMILES string of the molecule is COc1nnc(-c2ccccc2O)cc1-c1ccc(N2CCN(CC(=O)OC(C)(C)C)CC2)cc1. The number of hydrogen-bond donors (Lipinski definition) is 1. The van der Waals surface area contributed by atoms with Crippen LogP contribution in [0.5, 0.6) is 11.6 Å². The molecule has 0 aliphatic carbocycles. The molecule has 0 spiro atoms. The van der Waals surface area contributed by atoms with Gasteiger partial charge < -0.3 is 19.5 Å². The first-order chi connectivity index (χ1) is 16.7. The second-order valence-corrected chi connectivity index (χ2v) is 9.57. The molecule has 8 nitrogen and oxygen atoms in total. The fourth-order valence-corrected chi connectivity index (χ4v) is 4.13. The molecule has 1 aliphatic rings. The monoisotopic (exact) mass is 476 g/mol. The van der Waals surface area contributed by atoms with Gasteiger partial charge in [-0.1, -0.05) is 24.3 Å². The number of phenolic OH excluding ortho intramolecular Hbond substituents is 1. The number of piperazine rings is 1. The van der Waals surface area contributed by atoms with Crippen LogP contribution < -0.4 is 9.64 Å². The molecule has 1 fully saturated rings. The van der Waals surface area contributed by atoms with E-state index in [2.05, 4.69) is 32.1 Å². The van der Waals surface area contributed by atoms with Crippen LogP contribution in [0.25, 0.3) is 22.4 Å². The molecule has 0 unspecified atom stereocenters. The van der Waals surface area contributed by atoms with Crippen molar-refractivity contribution in [2.75, 3.05) is 44.7 Å². The number of aromatic nitrogens is 2. The molecule has 3 aromatic rings. The second-order valence-electron chi connectivity index (χ2n) is 9.57. The fourth-order valence-electron chi connectivity index (χ4n) is 4.13. The van der Waals surface area contributed by atoms with E-state index < -0.39 is 5.60 Å². The van der Waals surface area contributed by atoms with Gasteiger partial charge in [0.05, 0.1) is 19.3 Å². The maximum atomic E-state index is 12.1. The van der Waals surface area contributed by atoms with Crippen LogP contribution in [0, 0.1) is 0 Å². The van der Waals surface area contributed by atoms with Crippen molar-refractivity contribution < 1.29 is 19.4 Å². The summed E-state index contributed by atoms with van der Waals surface area (Å²) in [6, 6.07) is 17.2. The van der Waals surface area contributed by atoms with Gasteiger partial charge in [0.25, 0.3) is 0 Å². The average molecular weight is 477 g/mol. The lowest BCUT2D eigenvalue weighted by molar-refractivity contribution is -0.156. The van der Waals surface area contributed by atoms with Crippen molar-refractivity contribution in [3.63, 3.8) is 0 Å². The van der Waals surface area contributed by atoms with Crippen molar-refractivity contribution in [3.05, 3.63) is 54.6 Å². The predicted molar refractivity (Wildman–Crippen MR) is 136 cm³/mol. The van der Waals surface area contributed by atoms with Crippen molar-refractivity contribution in [1.82, 2.24) is 15.1 Å². The van der Waals surface area contributed by atoms with Crippen molar-refractivity contribution in [3.8, 4) is 34.0 Å². The van der Waals surface area contributed by atoms with Gasteiger partial charge in [0.2, 0.25) is 5.88 Å². The van der Waals surface area contributed by atoms with E-state index in [0.717, 1.165) is 43.0 Å². The lowest BCUT2D eigenvalue weighted by atomic mass is 10.0. The molecule has 4 rings (SSSR count). The molecule has 0 saturated carbocycles. The van der Waals surface area contributed by atoms with Crippen molar-refractivity contribution in [2.24, 2.45) is 0 Å². The fraction of sp³-hybridized carbons (Fsp3) is 0.370. The molecule has 0 atom stereocenters.